The summed E-state index contributed by atoms with van der Waals surface area (Å²) in [5.74, 6) is 2.39. The molecule has 2 amide bonds. The number of H-pyrrole nitrogens is 1. The molecule has 1 heterocycles. The number of ether oxygens (including phenoxy) is 4. The minimum absolute atomic E-state index is 0.0812. The maximum Gasteiger partial charge on any atom is 0.224 e. The Bertz CT molecular complexity index is 1890. The summed E-state index contributed by atoms with van der Waals surface area (Å²) in [5, 5.41) is 16.3. The highest BCUT2D eigenvalue weighted by atomic mass is 16.5. The summed E-state index contributed by atoms with van der Waals surface area (Å²) in [7, 11) is 6.29. The Morgan fingerprint density at radius 3 is 2.52 bits per heavy atom. The third kappa shape index (κ3) is 8.40. The molecule has 13 nitrogen and oxygen atoms in total. The number of unbranched alkanes of at least 4 members (excludes halogenated alkanes) is 2. The molecule has 13 heteroatoms. The number of amides is 2. The quantitative estimate of drug-likeness (QED) is 0.119. The number of hydrogen-bond donors (Lipinski definition) is 4. The number of aromatic nitrogens is 3. The van der Waals surface area contributed by atoms with Crippen molar-refractivity contribution in [3.63, 3.8) is 0 Å². The molecule has 1 unspecified atom stereocenters. The number of aromatic amines is 1. The minimum Gasteiger partial charge on any atom is -0.493 e. The van der Waals surface area contributed by atoms with Crippen LogP contribution in [0.2, 0.25) is 0 Å². The Morgan fingerprint density at radius 2 is 1.78 bits per heavy atom. The van der Waals surface area contributed by atoms with Gasteiger partial charge in [-0.05, 0) is 72.7 Å². The molecule has 1 aliphatic rings. The first-order chi connectivity index (χ1) is 24.3. The van der Waals surface area contributed by atoms with E-state index >= 15 is 0 Å². The van der Waals surface area contributed by atoms with Crippen molar-refractivity contribution in [2.45, 2.75) is 58.1 Å². The molecule has 0 spiro atoms. The number of anilines is 2. The van der Waals surface area contributed by atoms with Gasteiger partial charge in [0.25, 0.3) is 0 Å². The molecule has 264 valence electrons. The SMILES string of the molecule is COCc1nc(-c2cccc(NC(=O)CCCCCNc3ccc4c(cc3=O)C(NC(C)=O)CCc3cc(OC)c(OC)c(OC)c3-4)c2)n[nH]1. The van der Waals surface area contributed by atoms with E-state index in [0.29, 0.717) is 84.7 Å². The molecule has 5 rings (SSSR count). The Balaban J connectivity index is 1.23. The Hall–Kier alpha value is -5.43. The van der Waals surface area contributed by atoms with Gasteiger partial charge >= 0.3 is 0 Å². The summed E-state index contributed by atoms with van der Waals surface area (Å²) in [5.41, 5.74) is 4.94. The van der Waals surface area contributed by atoms with Gasteiger partial charge in [0.05, 0.1) is 33.1 Å². The van der Waals surface area contributed by atoms with Gasteiger partial charge in [-0.1, -0.05) is 24.6 Å². The number of benzene rings is 2. The third-order valence-electron chi connectivity index (χ3n) is 8.53. The van der Waals surface area contributed by atoms with E-state index in [1.54, 1.807) is 40.6 Å². The minimum atomic E-state index is -0.381. The van der Waals surface area contributed by atoms with Crippen LogP contribution in [0.5, 0.6) is 17.2 Å². The van der Waals surface area contributed by atoms with Crippen LogP contribution in [0.15, 0.2) is 53.3 Å². The second-order valence-corrected chi connectivity index (χ2v) is 12.0. The van der Waals surface area contributed by atoms with Crippen LogP contribution in [-0.2, 0) is 27.4 Å². The predicted octanol–water partition coefficient (Wildman–Crippen LogP) is 5.41. The lowest BCUT2D eigenvalue weighted by Gasteiger charge is -2.19. The molecule has 0 aliphatic heterocycles. The van der Waals surface area contributed by atoms with Crippen LogP contribution in [0.3, 0.4) is 0 Å². The molecule has 1 aliphatic carbocycles. The highest BCUT2D eigenvalue weighted by molar-refractivity contribution is 5.91. The van der Waals surface area contributed by atoms with Crippen LogP contribution < -0.4 is 35.6 Å². The molecule has 0 saturated heterocycles. The normalized spacial score (nSPS) is 13.3. The first-order valence-corrected chi connectivity index (χ1v) is 16.6. The average Bonchev–Trinajstić information content (AvgIpc) is 3.45. The van der Waals surface area contributed by atoms with Gasteiger partial charge in [-0.2, -0.15) is 5.10 Å². The number of hydrogen-bond acceptors (Lipinski definition) is 10. The molecule has 0 fully saturated rings. The monoisotopic (exact) mass is 684 g/mol. The molecule has 4 N–H and O–H groups in total. The van der Waals surface area contributed by atoms with E-state index in [1.807, 2.05) is 36.4 Å². The fraction of sp³-hybridized carbons (Fsp3) is 0.378. The molecule has 0 radical (unpaired) electrons. The zero-order valence-electron chi connectivity index (χ0n) is 29.1. The van der Waals surface area contributed by atoms with Crippen LogP contribution in [0.1, 0.15) is 62.0 Å². The van der Waals surface area contributed by atoms with Gasteiger partial charge in [-0.25, -0.2) is 4.98 Å². The van der Waals surface area contributed by atoms with Crippen LogP contribution in [-0.4, -0.2) is 62.0 Å². The average molecular weight is 685 g/mol. The lowest BCUT2D eigenvalue weighted by molar-refractivity contribution is -0.119. The lowest BCUT2D eigenvalue weighted by atomic mass is 9.95. The Kier molecular flexibility index (Phi) is 12.0. The molecule has 50 heavy (non-hydrogen) atoms. The summed E-state index contributed by atoms with van der Waals surface area (Å²) in [6.07, 6.45) is 3.81. The van der Waals surface area contributed by atoms with Crippen molar-refractivity contribution in [2.24, 2.45) is 0 Å². The first-order valence-electron chi connectivity index (χ1n) is 16.6. The second kappa shape index (κ2) is 16.8. The second-order valence-electron chi connectivity index (χ2n) is 12.0. The van der Waals surface area contributed by atoms with Crippen molar-refractivity contribution in [1.82, 2.24) is 20.5 Å². The van der Waals surface area contributed by atoms with E-state index in [4.69, 9.17) is 18.9 Å². The standard InChI is InChI=1S/C37H44N6O7/c1-22(44)39-28-15-13-23-19-31(48-3)35(49-4)36(50-5)34(23)26-14-16-29(30(45)20-27(26)28)38-17-8-6-7-12-33(46)40-25-11-9-10-24(18-25)37-41-32(21-47-2)42-43-37/h9-11,14,16,18-20,28H,6-8,12-13,15,17,21H2,1-5H3,(H,38,45)(H,39,44)(H,40,46)(H,41,42,43). The van der Waals surface area contributed by atoms with Gasteiger partial charge in [0, 0.05) is 43.8 Å². The number of nitrogens with one attached hydrogen (secondary N) is 4. The predicted molar refractivity (Wildman–Crippen MR) is 191 cm³/mol. The highest BCUT2D eigenvalue weighted by Gasteiger charge is 2.29. The molecule has 0 bridgehead atoms. The maximum absolute atomic E-state index is 13.5. The summed E-state index contributed by atoms with van der Waals surface area (Å²) in [6.45, 7) is 2.36. The van der Waals surface area contributed by atoms with Gasteiger partial charge in [0.2, 0.25) is 23.0 Å². The largest absolute Gasteiger partial charge is 0.493 e. The van der Waals surface area contributed by atoms with Gasteiger partial charge < -0.3 is 34.9 Å². The van der Waals surface area contributed by atoms with Crippen LogP contribution in [0, 0.1) is 0 Å². The van der Waals surface area contributed by atoms with E-state index in [1.165, 1.54) is 6.92 Å². The summed E-state index contributed by atoms with van der Waals surface area (Å²) in [4.78, 5) is 42.8. The molecular weight excluding hydrogens is 640 g/mol. The smallest absolute Gasteiger partial charge is 0.224 e. The number of methoxy groups -OCH3 is 4. The number of fused-ring (bicyclic) bond motifs is 3. The van der Waals surface area contributed by atoms with Gasteiger partial charge in [-0.15, -0.1) is 0 Å². The number of rotatable bonds is 15. The number of carbonyl (C=O) groups is 2. The molecule has 1 atom stereocenters. The Morgan fingerprint density at radius 1 is 0.960 bits per heavy atom. The fourth-order valence-electron chi connectivity index (χ4n) is 6.25. The molecule has 3 aromatic carbocycles. The van der Waals surface area contributed by atoms with E-state index in [0.717, 1.165) is 35.1 Å². The van der Waals surface area contributed by atoms with Crippen molar-refractivity contribution >= 4 is 23.2 Å². The Labute approximate surface area is 291 Å². The third-order valence-corrected chi connectivity index (χ3v) is 8.53. The van der Waals surface area contributed by atoms with Crippen molar-refractivity contribution in [3.8, 4) is 39.8 Å². The van der Waals surface area contributed by atoms with E-state index < -0.39 is 0 Å². The number of carbonyl (C=O) groups excluding carboxylic acids is 2. The van der Waals surface area contributed by atoms with Crippen molar-refractivity contribution in [2.75, 3.05) is 45.6 Å². The topological polar surface area (TPSA) is 166 Å². The van der Waals surface area contributed by atoms with E-state index in [9.17, 15) is 14.4 Å². The van der Waals surface area contributed by atoms with Crippen molar-refractivity contribution in [3.05, 3.63) is 75.7 Å². The van der Waals surface area contributed by atoms with E-state index in [-0.39, 0.29) is 23.3 Å². The molecule has 0 saturated carbocycles. The van der Waals surface area contributed by atoms with Crippen molar-refractivity contribution < 1.29 is 28.5 Å². The highest BCUT2D eigenvalue weighted by Crippen LogP contribution is 2.50. The molecule has 4 aromatic rings. The van der Waals surface area contributed by atoms with Gasteiger partial charge in [0.15, 0.2) is 23.1 Å². The zero-order valence-corrected chi connectivity index (χ0v) is 29.1. The molecule has 1 aromatic heterocycles. The van der Waals surface area contributed by atoms with Crippen LogP contribution in [0.4, 0.5) is 11.4 Å². The van der Waals surface area contributed by atoms with Crippen LogP contribution >= 0.6 is 0 Å². The zero-order chi connectivity index (χ0) is 35.6. The number of aryl methyl sites for hydroxylation is 1. The number of nitrogens with zero attached hydrogens (tertiary/aromatic N) is 2. The molecular formula is C37H44N6O7. The fourth-order valence-corrected chi connectivity index (χ4v) is 6.25. The van der Waals surface area contributed by atoms with Gasteiger partial charge in [0.1, 0.15) is 6.61 Å². The first kappa shape index (κ1) is 35.9. The lowest BCUT2D eigenvalue weighted by Crippen LogP contribution is -2.26. The summed E-state index contributed by atoms with van der Waals surface area (Å²) >= 11 is 0. The van der Waals surface area contributed by atoms with Crippen LogP contribution in [0.25, 0.3) is 22.5 Å². The summed E-state index contributed by atoms with van der Waals surface area (Å²) < 4.78 is 22.2. The van der Waals surface area contributed by atoms with Crippen molar-refractivity contribution in [1.29, 1.82) is 0 Å². The van der Waals surface area contributed by atoms with Gasteiger partial charge in [-0.3, -0.25) is 19.5 Å². The maximum atomic E-state index is 13.5. The summed E-state index contributed by atoms with van der Waals surface area (Å²) in [6, 6.07) is 14.2. The van der Waals surface area contributed by atoms with E-state index in [2.05, 4.69) is 31.1 Å².